The third kappa shape index (κ3) is 3.63. The number of nitrogens with zero attached hydrogens (tertiary/aromatic N) is 3. The molecule has 2 aromatic heterocycles. The summed E-state index contributed by atoms with van der Waals surface area (Å²) in [4.78, 5) is 24.2. The van der Waals surface area contributed by atoms with Gasteiger partial charge in [0.1, 0.15) is 0 Å². The molecule has 0 saturated carbocycles. The molecule has 0 unspecified atom stereocenters. The molecule has 0 fully saturated rings. The number of carbonyl (C=O) groups is 1. The van der Waals surface area contributed by atoms with E-state index in [-0.39, 0.29) is 5.91 Å². The Labute approximate surface area is 172 Å². The number of aromatic nitrogens is 2. The molecule has 1 amide bonds. The highest BCUT2D eigenvalue weighted by Crippen LogP contribution is 2.34. The number of hydrogen-bond donors (Lipinski definition) is 0. The van der Waals surface area contributed by atoms with Crippen molar-refractivity contribution in [1.29, 1.82) is 0 Å². The highest BCUT2D eigenvalue weighted by molar-refractivity contribution is 7.22. The minimum atomic E-state index is -0.0999. The Morgan fingerprint density at radius 2 is 1.96 bits per heavy atom. The largest absolute Gasteiger partial charge is 0.278 e. The molecule has 4 rings (SSSR count). The van der Waals surface area contributed by atoms with Crippen molar-refractivity contribution in [2.45, 2.75) is 20.4 Å². The normalized spacial score (nSPS) is 11.0. The molecule has 28 heavy (non-hydrogen) atoms. The maximum absolute atomic E-state index is 13.4. The highest BCUT2D eigenvalue weighted by Gasteiger charge is 2.23. The number of thiazole rings is 1. The molecule has 2 aromatic carbocycles. The quantitative estimate of drug-likeness (QED) is 0.429. The van der Waals surface area contributed by atoms with Gasteiger partial charge in [0, 0.05) is 16.8 Å². The number of benzene rings is 2. The molecule has 0 bridgehead atoms. The lowest BCUT2D eigenvalue weighted by Gasteiger charge is -2.19. The molecule has 140 valence electrons. The molecular formula is C22H18ClN3OS. The Balaban J connectivity index is 1.80. The molecule has 4 aromatic rings. The SMILES string of the molecule is Cc1cccc(C(=O)N(Cc2ccccn2)c2nc3c(C)c(Cl)ccc3s2)c1. The first-order valence-corrected chi connectivity index (χ1v) is 10.1. The average Bonchev–Trinajstić information content (AvgIpc) is 3.14. The van der Waals surface area contributed by atoms with Crippen molar-refractivity contribution in [1.82, 2.24) is 9.97 Å². The smallest absolute Gasteiger partial charge is 0.260 e. The first-order chi connectivity index (χ1) is 13.5. The van der Waals surface area contributed by atoms with Crippen LogP contribution in [-0.2, 0) is 6.54 Å². The molecule has 0 spiro atoms. The van der Waals surface area contributed by atoms with Gasteiger partial charge in [-0.1, -0.05) is 46.7 Å². The lowest BCUT2D eigenvalue weighted by atomic mass is 10.1. The number of pyridine rings is 1. The monoisotopic (exact) mass is 407 g/mol. The van der Waals surface area contributed by atoms with Crippen molar-refractivity contribution < 1.29 is 4.79 Å². The van der Waals surface area contributed by atoms with Gasteiger partial charge in [0.2, 0.25) is 0 Å². The Morgan fingerprint density at radius 1 is 1.11 bits per heavy atom. The van der Waals surface area contributed by atoms with Crippen LogP contribution in [0.25, 0.3) is 10.2 Å². The molecule has 0 aliphatic heterocycles. The van der Waals surface area contributed by atoms with Gasteiger partial charge in [0.05, 0.1) is 22.5 Å². The van der Waals surface area contributed by atoms with E-state index in [4.69, 9.17) is 16.6 Å². The van der Waals surface area contributed by atoms with Gasteiger partial charge in [-0.15, -0.1) is 0 Å². The van der Waals surface area contributed by atoms with Gasteiger partial charge in [0.15, 0.2) is 5.13 Å². The standard InChI is InChI=1S/C22H18ClN3OS/c1-14-6-5-7-16(12-14)21(27)26(13-17-8-3-4-11-24-17)22-25-20-15(2)18(23)9-10-19(20)28-22/h3-12H,13H2,1-2H3. The molecule has 0 atom stereocenters. The Hall–Kier alpha value is -2.76. The van der Waals surface area contributed by atoms with Gasteiger partial charge < -0.3 is 0 Å². The Morgan fingerprint density at radius 3 is 2.71 bits per heavy atom. The third-order valence-corrected chi connectivity index (χ3v) is 5.98. The number of carbonyl (C=O) groups excluding carboxylic acids is 1. The lowest BCUT2D eigenvalue weighted by molar-refractivity contribution is 0.0984. The number of aryl methyl sites for hydroxylation is 2. The predicted octanol–water partition coefficient (Wildman–Crippen LogP) is 5.81. The molecular weight excluding hydrogens is 390 g/mol. The first-order valence-electron chi connectivity index (χ1n) is 8.87. The van der Waals surface area contributed by atoms with Gasteiger partial charge >= 0.3 is 0 Å². The maximum Gasteiger partial charge on any atom is 0.260 e. The van der Waals surface area contributed by atoms with Crippen LogP contribution < -0.4 is 4.90 Å². The van der Waals surface area contributed by atoms with Gasteiger partial charge in [-0.2, -0.15) is 0 Å². The average molecular weight is 408 g/mol. The van der Waals surface area contributed by atoms with Crippen molar-refractivity contribution in [3.8, 4) is 0 Å². The van der Waals surface area contributed by atoms with Gasteiger partial charge in [-0.05, 0) is 55.8 Å². The second-order valence-electron chi connectivity index (χ2n) is 6.60. The van der Waals surface area contributed by atoms with Gasteiger partial charge in [-0.3, -0.25) is 14.7 Å². The van der Waals surface area contributed by atoms with E-state index >= 15 is 0 Å². The van der Waals surface area contributed by atoms with Crippen molar-refractivity contribution >= 4 is 44.2 Å². The molecule has 4 nitrogen and oxygen atoms in total. The summed E-state index contributed by atoms with van der Waals surface area (Å²) in [5.41, 5.74) is 4.22. The van der Waals surface area contributed by atoms with Gasteiger partial charge in [-0.25, -0.2) is 4.98 Å². The second kappa shape index (κ2) is 7.70. The summed E-state index contributed by atoms with van der Waals surface area (Å²) in [6, 6.07) is 17.1. The predicted molar refractivity (Wildman–Crippen MR) is 115 cm³/mol. The van der Waals surface area contributed by atoms with Crippen LogP contribution in [0, 0.1) is 13.8 Å². The molecule has 0 N–H and O–H groups in total. The summed E-state index contributed by atoms with van der Waals surface area (Å²) in [6.07, 6.45) is 1.73. The summed E-state index contributed by atoms with van der Waals surface area (Å²) in [5, 5.41) is 1.31. The highest BCUT2D eigenvalue weighted by atomic mass is 35.5. The van der Waals surface area contributed by atoms with Crippen LogP contribution >= 0.6 is 22.9 Å². The fourth-order valence-corrected chi connectivity index (χ4v) is 4.19. The minimum Gasteiger partial charge on any atom is -0.278 e. The van der Waals surface area contributed by atoms with Crippen molar-refractivity contribution in [3.05, 3.63) is 88.2 Å². The number of anilines is 1. The number of fused-ring (bicyclic) bond motifs is 1. The lowest BCUT2D eigenvalue weighted by Crippen LogP contribution is -2.30. The molecule has 6 heteroatoms. The van der Waals surface area contributed by atoms with Crippen molar-refractivity contribution in [2.75, 3.05) is 4.90 Å². The molecule has 0 aliphatic carbocycles. The maximum atomic E-state index is 13.4. The van der Waals surface area contributed by atoms with Gasteiger partial charge in [0.25, 0.3) is 5.91 Å². The van der Waals surface area contributed by atoms with E-state index in [1.807, 2.05) is 68.4 Å². The van der Waals surface area contributed by atoms with Crippen molar-refractivity contribution in [3.63, 3.8) is 0 Å². The van der Waals surface area contributed by atoms with E-state index in [1.54, 1.807) is 11.1 Å². The fraction of sp³-hybridized carbons (Fsp3) is 0.136. The summed E-state index contributed by atoms with van der Waals surface area (Å²) < 4.78 is 1.000. The second-order valence-corrected chi connectivity index (χ2v) is 8.01. The van der Waals surface area contributed by atoms with Crippen LogP contribution in [0.4, 0.5) is 5.13 Å². The van der Waals surface area contributed by atoms with E-state index < -0.39 is 0 Å². The molecule has 0 saturated heterocycles. The zero-order chi connectivity index (χ0) is 19.7. The summed E-state index contributed by atoms with van der Waals surface area (Å²) in [6.45, 7) is 4.27. The van der Waals surface area contributed by atoms with E-state index in [1.165, 1.54) is 11.3 Å². The van der Waals surface area contributed by atoms with E-state index in [0.29, 0.717) is 22.3 Å². The summed E-state index contributed by atoms with van der Waals surface area (Å²) in [5.74, 6) is -0.0999. The number of amides is 1. The molecule has 0 aliphatic rings. The minimum absolute atomic E-state index is 0.0999. The zero-order valence-electron chi connectivity index (χ0n) is 15.5. The van der Waals surface area contributed by atoms with E-state index in [2.05, 4.69) is 4.98 Å². The molecule has 0 radical (unpaired) electrons. The van der Waals surface area contributed by atoms with Crippen LogP contribution in [-0.4, -0.2) is 15.9 Å². The van der Waals surface area contributed by atoms with Crippen LogP contribution in [0.2, 0.25) is 5.02 Å². The Bertz CT molecular complexity index is 1160. The van der Waals surface area contributed by atoms with Crippen molar-refractivity contribution in [2.24, 2.45) is 0 Å². The van der Waals surface area contributed by atoms with Crippen LogP contribution in [0.1, 0.15) is 27.2 Å². The summed E-state index contributed by atoms with van der Waals surface area (Å²) >= 11 is 7.74. The van der Waals surface area contributed by atoms with E-state index in [9.17, 15) is 4.79 Å². The number of halogens is 1. The van der Waals surface area contributed by atoms with E-state index in [0.717, 1.165) is 27.0 Å². The van der Waals surface area contributed by atoms with Crippen LogP contribution in [0.3, 0.4) is 0 Å². The number of rotatable bonds is 4. The fourth-order valence-electron chi connectivity index (χ4n) is 3.02. The Kier molecular flexibility index (Phi) is 5.11. The zero-order valence-corrected chi connectivity index (χ0v) is 17.1. The van der Waals surface area contributed by atoms with Crippen LogP contribution in [0.5, 0.6) is 0 Å². The number of hydrogen-bond acceptors (Lipinski definition) is 4. The third-order valence-electron chi connectivity index (χ3n) is 4.52. The summed E-state index contributed by atoms with van der Waals surface area (Å²) in [7, 11) is 0. The topological polar surface area (TPSA) is 46.1 Å². The van der Waals surface area contributed by atoms with Crippen LogP contribution in [0.15, 0.2) is 60.8 Å². The first kappa shape index (κ1) is 18.6. The molecule has 2 heterocycles.